The van der Waals surface area contributed by atoms with Gasteiger partial charge in [-0.2, -0.15) is 0 Å². The minimum atomic E-state index is -3.79. The smallest absolute Gasteiger partial charge is 0.251 e. The van der Waals surface area contributed by atoms with E-state index in [-0.39, 0.29) is 11.7 Å². The summed E-state index contributed by atoms with van der Waals surface area (Å²) in [7, 11) is -3.79. The summed E-state index contributed by atoms with van der Waals surface area (Å²) in [5.41, 5.74) is 2.85. The van der Waals surface area contributed by atoms with Crippen LogP contribution in [0.2, 0.25) is 0 Å². The molecule has 34 heavy (non-hydrogen) atoms. The average Bonchev–Trinajstić information content (AvgIpc) is 3.07. The molecule has 1 aliphatic rings. The van der Waals surface area contributed by atoms with Crippen LogP contribution >= 0.6 is 0 Å². The Labute approximate surface area is 199 Å². The molecule has 176 valence electrons. The molecule has 7 nitrogen and oxygen atoms in total. The van der Waals surface area contributed by atoms with Crippen molar-refractivity contribution in [2.45, 2.75) is 31.6 Å². The Bertz CT molecular complexity index is 1290. The maximum Gasteiger partial charge on any atom is 0.251 e. The van der Waals surface area contributed by atoms with Crippen LogP contribution in [0, 0.1) is 6.92 Å². The number of nitrogens with one attached hydrogen (secondary N) is 1. The fourth-order valence-electron chi connectivity index (χ4n) is 4.10. The third kappa shape index (κ3) is 5.34. The molecule has 1 saturated heterocycles. The summed E-state index contributed by atoms with van der Waals surface area (Å²) in [6.07, 6.45) is 4.27. The van der Waals surface area contributed by atoms with E-state index in [1.807, 2.05) is 25.1 Å². The number of sulfone groups is 1. The Balaban J connectivity index is 1.46. The number of carbonyl (C=O) groups is 2. The molecular weight excluding hydrogens is 450 g/mol. The fourth-order valence-corrected chi connectivity index (χ4v) is 5.85. The van der Waals surface area contributed by atoms with E-state index in [1.165, 1.54) is 10.5 Å². The fraction of sp³-hybridized carbons (Fsp3) is 0.269. The van der Waals surface area contributed by atoms with Gasteiger partial charge in [0.1, 0.15) is 11.6 Å². The van der Waals surface area contributed by atoms with Crippen molar-refractivity contribution in [3.8, 4) is 0 Å². The summed E-state index contributed by atoms with van der Waals surface area (Å²) >= 11 is 0. The predicted molar refractivity (Wildman–Crippen MR) is 131 cm³/mol. The zero-order valence-electron chi connectivity index (χ0n) is 19.0. The molecule has 0 radical (unpaired) electrons. The lowest BCUT2D eigenvalue weighted by Gasteiger charge is -2.23. The molecule has 0 bridgehead atoms. The van der Waals surface area contributed by atoms with E-state index in [2.05, 4.69) is 22.4 Å². The van der Waals surface area contributed by atoms with E-state index >= 15 is 0 Å². The highest BCUT2D eigenvalue weighted by atomic mass is 32.2. The molecule has 3 aromatic rings. The van der Waals surface area contributed by atoms with E-state index in [9.17, 15) is 18.0 Å². The number of hydrogen-bond acceptors (Lipinski definition) is 5. The topological polar surface area (TPSA) is 96.4 Å². The van der Waals surface area contributed by atoms with Gasteiger partial charge in [-0.25, -0.2) is 13.4 Å². The summed E-state index contributed by atoms with van der Waals surface area (Å²) in [4.78, 5) is 30.8. The monoisotopic (exact) mass is 477 g/mol. The molecule has 2 amide bonds. The molecule has 1 aromatic heterocycles. The highest BCUT2D eigenvalue weighted by molar-refractivity contribution is 7.93. The zero-order chi connectivity index (χ0) is 24.1. The van der Waals surface area contributed by atoms with Crippen LogP contribution in [-0.4, -0.2) is 37.5 Å². The Morgan fingerprint density at radius 1 is 1.06 bits per heavy atom. The summed E-state index contributed by atoms with van der Waals surface area (Å²) < 4.78 is 25.8. The molecule has 8 heteroatoms. The lowest BCUT2D eigenvalue weighted by atomic mass is 10.1. The third-order valence-electron chi connectivity index (χ3n) is 5.77. The van der Waals surface area contributed by atoms with Crippen molar-refractivity contribution in [3.05, 3.63) is 95.2 Å². The number of nitrogens with zero attached hydrogens (tertiary/aromatic N) is 2. The number of benzene rings is 2. The number of unbranched alkanes of at least 4 members (excludes halogenated alkanes) is 1. The molecular formula is C26H27N3O4S. The van der Waals surface area contributed by atoms with Crippen LogP contribution in [0.5, 0.6) is 0 Å². The van der Waals surface area contributed by atoms with Gasteiger partial charge in [-0.15, -0.1) is 0 Å². The molecule has 1 atom stereocenters. The van der Waals surface area contributed by atoms with E-state index < -0.39 is 26.9 Å². The lowest BCUT2D eigenvalue weighted by Crippen LogP contribution is -2.30. The Kier molecular flexibility index (Phi) is 7.07. The van der Waals surface area contributed by atoms with Crippen LogP contribution in [0.3, 0.4) is 0 Å². The van der Waals surface area contributed by atoms with Crippen molar-refractivity contribution in [2.75, 3.05) is 17.2 Å². The standard InChI is InChI=1S/C26H27N3O4S/c1-19-13-15-27-23(16-19)29-24(30)18-34(32,33)26(29)22-12-7-11-21(17-22)25(31)28-14-6-5-10-20-8-3-2-4-9-20/h2-4,7-9,11-13,15-17,26H,5-6,10,14,18H2,1H3,(H,28,31). The maximum atomic E-state index is 12.9. The second-order valence-electron chi connectivity index (χ2n) is 8.44. The summed E-state index contributed by atoms with van der Waals surface area (Å²) in [6, 6.07) is 20.1. The number of carbonyl (C=O) groups excluding carboxylic acids is 2. The summed E-state index contributed by atoms with van der Waals surface area (Å²) in [5, 5.41) is 1.69. The molecule has 1 aliphatic heterocycles. The van der Waals surface area contributed by atoms with Crippen molar-refractivity contribution in [3.63, 3.8) is 0 Å². The van der Waals surface area contributed by atoms with Crippen LogP contribution in [0.15, 0.2) is 72.9 Å². The SMILES string of the molecule is Cc1ccnc(N2C(=O)CS(=O)(=O)C2c2cccc(C(=O)NCCCCc3ccccc3)c2)c1. The van der Waals surface area contributed by atoms with Gasteiger partial charge in [0.2, 0.25) is 5.91 Å². The first-order valence-electron chi connectivity index (χ1n) is 11.2. The molecule has 0 saturated carbocycles. The van der Waals surface area contributed by atoms with Gasteiger partial charge in [0.05, 0.1) is 0 Å². The highest BCUT2D eigenvalue weighted by Gasteiger charge is 2.46. The molecule has 1 unspecified atom stereocenters. The predicted octanol–water partition coefficient (Wildman–Crippen LogP) is 3.60. The van der Waals surface area contributed by atoms with Crippen LogP contribution in [0.25, 0.3) is 0 Å². The van der Waals surface area contributed by atoms with Crippen LogP contribution in [-0.2, 0) is 21.1 Å². The number of hydrogen-bond donors (Lipinski definition) is 1. The van der Waals surface area contributed by atoms with Crippen LogP contribution < -0.4 is 10.2 Å². The Hall–Kier alpha value is -3.52. The van der Waals surface area contributed by atoms with Gasteiger partial charge < -0.3 is 5.32 Å². The number of pyridine rings is 1. The first-order chi connectivity index (χ1) is 16.3. The van der Waals surface area contributed by atoms with Crippen molar-refractivity contribution < 1.29 is 18.0 Å². The van der Waals surface area contributed by atoms with Crippen molar-refractivity contribution in [1.29, 1.82) is 0 Å². The molecule has 1 fully saturated rings. The highest BCUT2D eigenvalue weighted by Crippen LogP contribution is 2.37. The first kappa shape index (κ1) is 23.6. The first-order valence-corrected chi connectivity index (χ1v) is 12.9. The van der Waals surface area contributed by atoms with Gasteiger partial charge in [0.25, 0.3) is 5.91 Å². The number of aromatic nitrogens is 1. The second-order valence-corrected chi connectivity index (χ2v) is 10.5. The van der Waals surface area contributed by atoms with Crippen molar-refractivity contribution >= 4 is 27.5 Å². The normalized spacial score (nSPS) is 17.0. The number of rotatable bonds is 8. The zero-order valence-corrected chi connectivity index (χ0v) is 19.8. The number of aryl methyl sites for hydroxylation is 2. The molecule has 0 aliphatic carbocycles. The quantitative estimate of drug-likeness (QED) is 0.500. The van der Waals surface area contributed by atoms with E-state index in [0.717, 1.165) is 24.8 Å². The van der Waals surface area contributed by atoms with Gasteiger partial charge >= 0.3 is 0 Å². The van der Waals surface area contributed by atoms with Gasteiger partial charge in [-0.1, -0.05) is 42.5 Å². The minimum Gasteiger partial charge on any atom is -0.352 e. The number of amides is 2. The average molecular weight is 478 g/mol. The molecule has 0 spiro atoms. The van der Waals surface area contributed by atoms with Crippen LogP contribution in [0.4, 0.5) is 5.82 Å². The Morgan fingerprint density at radius 3 is 2.62 bits per heavy atom. The molecule has 2 aromatic carbocycles. The summed E-state index contributed by atoms with van der Waals surface area (Å²) in [6.45, 7) is 2.37. The van der Waals surface area contributed by atoms with E-state index in [0.29, 0.717) is 17.7 Å². The molecule has 2 heterocycles. The van der Waals surface area contributed by atoms with Crippen molar-refractivity contribution in [1.82, 2.24) is 10.3 Å². The largest absolute Gasteiger partial charge is 0.352 e. The molecule has 1 N–H and O–H groups in total. The second kappa shape index (κ2) is 10.2. The van der Waals surface area contributed by atoms with Gasteiger partial charge in [-0.3, -0.25) is 14.5 Å². The molecule has 4 rings (SSSR count). The van der Waals surface area contributed by atoms with E-state index in [1.54, 1.807) is 42.6 Å². The van der Waals surface area contributed by atoms with E-state index in [4.69, 9.17) is 0 Å². The lowest BCUT2D eigenvalue weighted by molar-refractivity contribution is -0.115. The van der Waals surface area contributed by atoms with Gasteiger partial charge in [-0.05, 0) is 67.1 Å². The minimum absolute atomic E-state index is 0.275. The van der Waals surface area contributed by atoms with Gasteiger partial charge in [0.15, 0.2) is 15.2 Å². The van der Waals surface area contributed by atoms with Crippen molar-refractivity contribution in [2.24, 2.45) is 0 Å². The van der Waals surface area contributed by atoms with Crippen LogP contribution in [0.1, 0.15) is 45.3 Å². The Morgan fingerprint density at radius 2 is 1.85 bits per heavy atom. The van der Waals surface area contributed by atoms with Gasteiger partial charge in [0, 0.05) is 18.3 Å². The maximum absolute atomic E-state index is 12.9. The third-order valence-corrected chi connectivity index (χ3v) is 7.58. The summed E-state index contributed by atoms with van der Waals surface area (Å²) in [5.74, 6) is -1.12. The number of anilines is 1.